The predicted octanol–water partition coefficient (Wildman–Crippen LogP) is 5.69. The van der Waals surface area contributed by atoms with Gasteiger partial charge in [0.15, 0.2) is 5.11 Å². The zero-order valence-corrected chi connectivity index (χ0v) is 24.2. The van der Waals surface area contributed by atoms with Crippen molar-refractivity contribution in [2.45, 2.75) is 58.6 Å². The Morgan fingerprint density at radius 2 is 1.81 bits per heavy atom. The first kappa shape index (κ1) is 28.7. The molecule has 3 aromatic rings. The van der Waals surface area contributed by atoms with Crippen molar-refractivity contribution in [2.75, 3.05) is 19.0 Å². The number of ether oxygens (including phenoxy) is 1. The number of benzene rings is 2. The van der Waals surface area contributed by atoms with Crippen molar-refractivity contribution in [2.24, 2.45) is 11.8 Å². The second kappa shape index (κ2) is 12.6. The lowest BCUT2D eigenvalue weighted by atomic mass is 10.2. The van der Waals surface area contributed by atoms with Gasteiger partial charge in [0, 0.05) is 18.8 Å². The molecule has 0 aliphatic carbocycles. The number of methoxy groups -OCH3 is 1. The van der Waals surface area contributed by atoms with E-state index in [1.54, 1.807) is 13.3 Å². The van der Waals surface area contributed by atoms with Crippen LogP contribution in [0.5, 0.6) is 5.75 Å². The van der Waals surface area contributed by atoms with E-state index in [0.29, 0.717) is 30.7 Å². The molecule has 0 radical (unpaired) electrons. The summed E-state index contributed by atoms with van der Waals surface area (Å²) in [6, 6.07) is 15.2. The SMILES string of the molecule is COc1ccc(NC(=S)N(Cc2cnc(S(=O)(=O)Cc3cccc(C)c3)n2CC(C)C)CC(C)C)cc1. The van der Waals surface area contributed by atoms with Crippen LogP contribution in [0.2, 0.25) is 0 Å². The fraction of sp³-hybridized carbons (Fsp3) is 0.429. The first-order chi connectivity index (χ1) is 17.5. The quantitative estimate of drug-likeness (QED) is 0.312. The van der Waals surface area contributed by atoms with Crippen molar-refractivity contribution in [3.8, 4) is 5.75 Å². The molecule has 200 valence electrons. The molecule has 7 nitrogen and oxygen atoms in total. The topological polar surface area (TPSA) is 76.5 Å². The third-order valence-corrected chi connectivity index (χ3v) is 7.69. The molecule has 0 atom stereocenters. The van der Waals surface area contributed by atoms with E-state index in [0.717, 1.165) is 28.3 Å². The normalized spacial score (nSPS) is 11.7. The zero-order chi connectivity index (χ0) is 27.2. The second-order valence-electron chi connectivity index (χ2n) is 10.2. The molecule has 0 saturated carbocycles. The van der Waals surface area contributed by atoms with Crippen LogP contribution in [0.1, 0.15) is 44.5 Å². The smallest absolute Gasteiger partial charge is 0.228 e. The lowest BCUT2D eigenvalue weighted by Gasteiger charge is -2.28. The summed E-state index contributed by atoms with van der Waals surface area (Å²) in [6.45, 7) is 12.1. The van der Waals surface area contributed by atoms with Crippen LogP contribution in [-0.2, 0) is 28.7 Å². The summed E-state index contributed by atoms with van der Waals surface area (Å²) in [4.78, 5) is 6.49. The van der Waals surface area contributed by atoms with Gasteiger partial charge in [0.2, 0.25) is 15.0 Å². The van der Waals surface area contributed by atoms with Gasteiger partial charge in [-0.1, -0.05) is 57.5 Å². The van der Waals surface area contributed by atoms with Gasteiger partial charge in [-0.25, -0.2) is 13.4 Å². The van der Waals surface area contributed by atoms with E-state index in [1.807, 2.05) is 60.0 Å². The number of imidazole rings is 1. The monoisotopic (exact) mass is 542 g/mol. The third kappa shape index (κ3) is 8.04. The standard InChI is InChI=1S/C28H38N4O3S2/c1-20(2)16-31(27(36)30-24-10-12-26(35-6)13-11-24)18-25-15-29-28(32(25)17-21(3)4)37(33,34)19-23-9-7-8-22(5)14-23/h7-15,20-21H,16-19H2,1-6H3,(H,30,36). The van der Waals surface area contributed by atoms with Crippen LogP contribution >= 0.6 is 12.2 Å². The lowest BCUT2D eigenvalue weighted by Crippen LogP contribution is -2.37. The Kier molecular flexibility index (Phi) is 9.73. The summed E-state index contributed by atoms with van der Waals surface area (Å²) >= 11 is 5.78. The minimum atomic E-state index is -3.65. The molecule has 1 N–H and O–H groups in total. The van der Waals surface area contributed by atoms with E-state index >= 15 is 0 Å². The van der Waals surface area contributed by atoms with Gasteiger partial charge in [0.05, 0.1) is 31.3 Å². The highest BCUT2D eigenvalue weighted by Crippen LogP contribution is 2.22. The largest absolute Gasteiger partial charge is 0.497 e. The number of hydrogen-bond acceptors (Lipinski definition) is 5. The average molecular weight is 543 g/mol. The number of sulfone groups is 1. The van der Waals surface area contributed by atoms with Gasteiger partial charge < -0.3 is 19.5 Å². The minimum absolute atomic E-state index is 0.0869. The van der Waals surface area contributed by atoms with Crippen LogP contribution < -0.4 is 10.1 Å². The predicted molar refractivity (Wildman–Crippen MR) is 154 cm³/mol. The minimum Gasteiger partial charge on any atom is -0.497 e. The fourth-order valence-electron chi connectivity index (χ4n) is 4.15. The molecule has 0 aliphatic heterocycles. The molecule has 0 saturated heterocycles. The van der Waals surface area contributed by atoms with E-state index in [4.69, 9.17) is 17.0 Å². The van der Waals surface area contributed by atoms with Crippen molar-refractivity contribution in [1.82, 2.24) is 14.5 Å². The maximum Gasteiger partial charge on any atom is 0.228 e. The number of hydrogen-bond donors (Lipinski definition) is 1. The van der Waals surface area contributed by atoms with Gasteiger partial charge >= 0.3 is 0 Å². The summed E-state index contributed by atoms with van der Waals surface area (Å²) in [5.74, 6) is 1.27. The van der Waals surface area contributed by atoms with Crippen LogP contribution in [0.3, 0.4) is 0 Å². The summed E-state index contributed by atoms with van der Waals surface area (Å²) in [6.07, 6.45) is 1.68. The Morgan fingerprint density at radius 1 is 1.11 bits per heavy atom. The average Bonchev–Trinajstić information content (AvgIpc) is 3.21. The Hall–Kier alpha value is -2.91. The van der Waals surface area contributed by atoms with Crippen molar-refractivity contribution in [1.29, 1.82) is 0 Å². The van der Waals surface area contributed by atoms with Gasteiger partial charge in [0.1, 0.15) is 5.75 Å². The first-order valence-corrected chi connectivity index (χ1v) is 14.6. The third-order valence-electron chi connectivity index (χ3n) is 5.73. The van der Waals surface area contributed by atoms with E-state index in [-0.39, 0.29) is 16.8 Å². The fourth-order valence-corrected chi connectivity index (χ4v) is 5.89. The van der Waals surface area contributed by atoms with Gasteiger partial charge in [-0.3, -0.25) is 0 Å². The number of rotatable bonds is 11. The number of anilines is 1. The second-order valence-corrected chi connectivity index (χ2v) is 12.5. The molecule has 9 heteroatoms. The Balaban J connectivity index is 1.89. The number of aryl methyl sites for hydroxylation is 1. The molecular weight excluding hydrogens is 504 g/mol. The molecule has 0 unspecified atom stereocenters. The molecule has 0 spiro atoms. The van der Waals surface area contributed by atoms with Crippen LogP contribution in [0.4, 0.5) is 5.69 Å². The number of aromatic nitrogens is 2. The first-order valence-electron chi connectivity index (χ1n) is 12.5. The zero-order valence-electron chi connectivity index (χ0n) is 22.6. The Labute approximate surface area is 226 Å². The lowest BCUT2D eigenvalue weighted by molar-refractivity contribution is 0.347. The van der Waals surface area contributed by atoms with Gasteiger partial charge in [0.25, 0.3) is 0 Å². The van der Waals surface area contributed by atoms with Crippen LogP contribution in [-0.4, -0.2) is 41.6 Å². The highest BCUT2D eigenvalue weighted by molar-refractivity contribution is 7.90. The molecule has 0 fully saturated rings. The maximum absolute atomic E-state index is 13.5. The van der Waals surface area contributed by atoms with Crippen molar-refractivity contribution < 1.29 is 13.2 Å². The van der Waals surface area contributed by atoms with Gasteiger partial charge in [-0.05, 0) is 60.8 Å². The molecule has 1 aromatic heterocycles. The number of thiocarbonyl (C=S) groups is 1. The van der Waals surface area contributed by atoms with Crippen LogP contribution in [0.15, 0.2) is 59.9 Å². The van der Waals surface area contributed by atoms with Gasteiger partial charge in [-0.2, -0.15) is 0 Å². The summed E-state index contributed by atoms with van der Waals surface area (Å²) in [5, 5.41) is 3.99. The van der Waals surface area contributed by atoms with Crippen molar-refractivity contribution in [3.63, 3.8) is 0 Å². The highest BCUT2D eigenvalue weighted by Gasteiger charge is 2.26. The van der Waals surface area contributed by atoms with E-state index in [2.05, 4.69) is 42.9 Å². The molecule has 2 aromatic carbocycles. The molecule has 37 heavy (non-hydrogen) atoms. The molecule has 1 heterocycles. The summed E-state index contributed by atoms with van der Waals surface area (Å²) in [5.41, 5.74) is 3.46. The van der Waals surface area contributed by atoms with Crippen molar-refractivity contribution in [3.05, 3.63) is 71.5 Å². The van der Waals surface area contributed by atoms with E-state index in [9.17, 15) is 8.42 Å². The maximum atomic E-state index is 13.5. The van der Waals surface area contributed by atoms with Gasteiger partial charge in [-0.15, -0.1) is 0 Å². The molecule has 0 amide bonds. The molecular formula is C28H38N4O3S2. The van der Waals surface area contributed by atoms with Crippen LogP contribution in [0.25, 0.3) is 0 Å². The Morgan fingerprint density at radius 3 is 2.41 bits per heavy atom. The molecule has 0 aliphatic rings. The van der Waals surface area contributed by atoms with Crippen molar-refractivity contribution >= 4 is 32.9 Å². The van der Waals surface area contributed by atoms with Crippen LogP contribution in [0, 0.1) is 18.8 Å². The highest BCUT2D eigenvalue weighted by atomic mass is 32.2. The van der Waals surface area contributed by atoms with E-state index in [1.165, 1.54) is 0 Å². The number of nitrogens with one attached hydrogen (secondary N) is 1. The Bertz CT molecular complexity index is 1300. The molecule has 3 rings (SSSR count). The summed E-state index contributed by atoms with van der Waals surface area (Å²) < 4.78 is 34.0. The van der Waals surface area contributed by atoms with E-state index < -0.39 is 9.84 Å². The summed E-state index contributed by atoms with van der Waals surface area (Å²) in [7, 11) is -2.01. The molecule has 0 bridgehead atoms. The number of nitrogens with zero attached hydrogens (tertiary/aromatic N) is 3.